The maximum Gasteiger partial charge on any atom is 0.356 e. The largest absolute Gasteiger partial charge is 0.356 e. The molecule has 12 heavy (non-hydrogen) atoms. The molecule has 0 aliphatic carbocycles. The van der Waals surface area contributed by atoms with Gasteiger partial charge in [0, 0.05) is 10.7 Å². The van der Waals surface area contributed by atoms with Gasteiger partial charge in [-0.25, -0.2) is 19.4 Å². The number of hydrogen-bond donors (Lipinski definition) is 0. The molecule has 0 fully saturated rings. The Morgan fingerprint density at radius 1 is 0.917 bits per heavy atom. The summed E-state index contributed by atoms with van der Waals surface area (Å²) in [5.41, 5.74) is 0. The van der Waals surface area contributed by atoms with Crippen LogP contribution in [-0.4, -0.2) is 22.6 Å². The highest BCUT2D eigenvalue weighted by Gasteiger charge is 2.07. The molecule has 0 heterocycles. The van der Waals surface area contributed by atoms with E-state index in [0.29, 0.717) is 10.7 Å². The molecule has 0 aromatic heterocycles. The molecule has 0 radical (unpaired) electrons. The van der Waals surface area contributed by atoms with Gasteiger partial charge in [0.05, 0.1) is 12.8 Å². The summed E-state index contributed by atoms with van der Waals surface area (Å²) < 4.78 is 0. The lowest BCUT2D eigenvalue weighted by Gasteiger charge is -1.99. The summed E-state index contributed by atoms with van der Waals surface area (Å²) >= 11 is 6.08. The van der Waals surface area contributed by atoms with Crippen LogP contribution in [0.2, 0.25) is 0 Å². The molecule has 0 aromatic carbocycles. The van der Waals surface area contributed by atoms with E-state index in [1.54, 1.807) is 0 Å². The smallest absolute Gasteiger partial charge is 0.247 e. The second-order valence-electron chi connectivity index (χ2n) is 1.79. The van der Waals surface area contributed by atoms with Gasteiger partial charge in [-0.15, -0.1) is 0 Å². The average Bonchev–Trinajstić information content (AvgIpc) is 2.02. The van der Waals surface area contributed by atoms with E-state index < -0.39 is 11.9 Å². The first-order valence-corrected chi connectivity index (χ1v) is 5.47. The Hall–Kier alpha value is -0.100. The molecule has 0 rings (SSSR count). The molecule has 0 bridgehead atoms. The van der Waals surface area contributed by atoms with Crippen molar-refractivity contribution in [3.8, 4) is 0 Å². The van der Waals surface area contributed by atoms with E-state index in [9.17, 15) is 9.59 Å². The first-order chi connectivity index (χ1) is 5.70. The fourth-order valence-electron chi connectivity index (χ4n) is 0.331. The van der Waals surface area contributed by atoms with Gasteiger partial charge in [-0.05, 0) is 0 Å². The lowest BCUT2D eigenvalue weighted by atomic mass is 10.5. The minimum atomic E-state index is -0.560. The summed E-state index contributed by atoms with van der Waals surface area (Å²) in [5, 5.41) is 0.976. The van der Waals surface area contributed by atoms with Gasteiger partial charge in [-0.1, -0.05) is 31.9 Å². The first-order valence-electron chi connectivity index (χ1n) is 3.22. The summed E-state index contributed by atoms with van der Waals surface area (Å²) in [5.74, 6) is -1.12. The normalized spacial score (nSPS) is 9.17. The molecule has 0 N–H and O–H groups in total. The third-order valence-electron chi connectivity index (χ3n) is 0.825. The average molecular weight is 304 g/mol. The Kier molecular flexibility index (Phi) is 7.48. The van der Waals surface area contributed by atoms with Crippen molar-refractivity contribution in [2.24, 2.45) is 0 Å². The Morgan fingerprint density at radius 3 is 1.50 bits per heavy atom. The van der Waals surface area contributed by atoms with Crippen LogP contribution in [0.15, 0.2) is 0 Å². The van der Waals surface area contributed by atoms with Crippen LogP contribution in [0.25, 0.3) is 0 Å². The van der Waals surface area contributed by atoms with E-state index in [2.05, 4.69) is 41.6 Å². The van der Waals surface area contributed by atoms with Gasteiger partial charge >= 0.3 is 11.9 Å². The van der Waals surface area contributed by atoms with E-state index in [1.807, 2.05) is 0 Å². The molecule has 0 atom stereocenters. The first kappa shape index (κ1) is 11.9. The highest BCUT2D eigenvalue weighted by atomic mass is 79.9. The summed E-state index contributed by atoms with van der Waals surface area (Å²) in [6.07, 6.45) is 0.364. The second-order valence-corrected chi connectivity index (χ2v) is 3.37. The van der Waals surface area contributed by atoms with Crippen molar-refractivity contribution in [2.45, 2.75) is 12.8 Å². The molecule has 0 saturated carbocycles. The molecule has 6 heteroatoms. The number of hydrogen-bond acceptors (Lipinski definition) is 4. The second kappa shape index (κ2) is 7.54. The van der Waals surface area contributed by atoms with Gasteiger partial charge in [-0.3, -0.25) is 0 Å². The SMILES string of the molecule is O=C(CCBr)OOC(=O)CCBr. The molecule has 0 aromatic rings. The maximum atomic E-state index is 10.6. The van der Waals surface area contributed by atoms with Crippen LogP contribution in [0.1, 0.15) is 12.8 Å². The van der Waals surface area contributed by atoms with E-state index in [-0.39, 0.29) is 12.8 Å². The minimum Gasteiger partial charge on any atom is -0.247 e. The number of rotatable bonds is 4. The van der Waals surface area contributed by atoms with Crippen LogP contribution in [0.3, 0.4) is 0 Å². The number of halogens is 2. The van der Waals surface area contributed by atoms with Crippen molar-refractivity contribution < 1.29 is 19.4 Å². The zero-order valence-corrected chi connectivity index (χ0v) is 9.39. The van der Waals surface area contributed by atoms with E-state index >= 15 is 0 Å². The fourth-order valence-corrected chi connectivity index (χ4v) is 0.978. The maximum absolute atomic E-state index is 10.6. The van der Waals surface area contributed by atoms with Crippen LogP contribution >= 0.6 is 31.9 Å². The van der Waals surface area contributed by atoms with E-state index in [1.165, 1.54) is 0 Å². The van der Waals surface area contributed by atoms with Gasteiger partial charge in [0.15, 0.2) is 0 Å². The minimum absolute atomic E-state index is 0.182. The molecule has 4 nitrogen and oxygen atoms in total. The van der Waals surface area contributed by atoms with Crippen LogP contribution in [0, 0.1) is 0 Å². The van der Waals surface area contributed by atoms with Crippen molar-refractivity contribution in [1.82, 2.24) is 0 Å². The van der Waals surface area contributed by atoms with Gasteiger partial charge in [0.25, 0.3) is 0 Å². The van der Waals surface area contributed by atoms with Gasteiger partial charge in [-0.2, -0.15) is 0 Å². The summed E-state index contributed by atoms with van der Waals surface area (Å²) in [6.45, 7) is 0. The van der Waals surface area contributed by atoms with Gasteiger partial charge < -0.3 is 0 Å². The Bertz CT molecular complexity index is 142. The summed E-state index contributed by atoms with van der Waals surface area (Å²) in [4.78, 5) is 29.5. The zero-order valence-electron chi connectivity index (χ0n) is 6.22. The third-order valence-corrected chi connectivity index (χ3v) is 1.62. The predicted molar refractivity (Wildman–Crippen MR) is 49.0 cm³/mol. The Balaban J connectivity index is 3.40. The van der Waals surface area contributed by atoms with Crippen molar-refractivity contribution in [2.75, 3.05) is 10.7 Å². The molecular weight excluding hydrogens is 296 g/mol. The molecule has 0 amide bonds. The topological polar surface area (TPSA) is 52.6 Å². The number of carbonyl (C=O) groups excluding carboxylic acids is 2. The summed E-state index contributed by atoms with van der Waals surface area (Å²) in [7, 11) is 0. The van der Waals surface area contributed by atoms with Crippen LogP contribution in [0.5, 0.6) is 0 Å². The fraction of sp³-hybridized carbons (Fsp3) is 0.667. The van der Waals surface area contributed by atoms with Crippen molar-refractivity contribution in [3.05, 3.63) is 0 Å². The van der Waals surface area contributed by atoms with Gasteiger partial charge in [0.2, 0.25) is 0 Å². The van der Waals surface area contributed by atoms with E-state index in [0.717, 1.165) is 0 Å². The third kappa shape index (κ3) is 6.60. The van der Waals surface area contributed by atoms with Crippen molar-refractivity contribution >= 4 is 43.8 Å². The standard InChI is InChI=1S/C6H8Br2O4/c7-3-1-5(9)11-12-6(10)2-4-8/h1-4H2. The van der Waals surface area contributed by atoms with Crippen LogP contribution in [-0.2, 0) is 19.4 Å². The lowest BCUT2D eigenvalue weighted by molar-refractivity contribution is -0.258. The molecule has 0 unspecified atom stereocenters. The summed E-state index contributed by atoms with van der Waals surface area (Å²) in [6, 6.07) is 0. The van der Waals surface area contributed by atoms with Crippen molar-refractivity contribution in [3.63, 3.8) is 0 Å². The quantitative estimate of drug-likeness (QED) is 0.449. The highest BCUT2D eigenvalue weighted by Crippen LogP contribution is 1.95. The monoisotopic (exact) mass is 302 g/mol. The highest BCUT2D eigenvalue weighted by molar-refractivity contribution is 9.09. The zero-order chi connectivity index (χ0) is 9.40. The Labute approximate surface area is 86.8 Å². The lowest BCUT2D eigenvalue weighted by Crippen LogP contribution is -2.11. The predicted octanol–water partition coefficient (Wildman–Crippen LogP) is 1.56. The van der Waals surface area contributed by atoms with E-state index in [4.69, 9.17) is 0 Å². The van der Waals surface area contributed by atoms with Crippen molar-refractivity contribution in [1.29, 1.82) is 0 Å². The molecule has 70 valence electrons. The van der Waals surface area contributed by atoms with Crippen LogP contribution < -0.4 is 0 Å². The molecule has 0 aliphatic rings. The number of carbonyl (C=O) groups is 2. The molecular formula is C6H8Br2O4. The van der Waals surface area contributed by atoms with Crippen LogP contribution in [0.4, 0.5) is 0 Å². The molecule has 0 aliphatic heterocycles. The molecule has 0 spiro atoms. The Morgan fingerprint density at radius 2 is 1.25 bits per heavy atom. The number of alkyl halides is 2. The van der Waals surface area contributed by atoms with Gasteiger partial charge in [0.1, 0.15) is 0 Å². The molecule has 0 saturated heterocycles.